The Morgan fingerprint density at radius 1 is 0.963 bits per heavy atom. The van der Waals surface area contributed by atoms with Crippen molar-refractivity contribution in [1.29, 1.82) is 0 Å². The van der Waals surface area contributed by atoms with Gasteiger partial charge in [0.15, 0.2) is 0 Å². The van der Waals surface area contributed by atoms with Crippen molar-refractivity contribution < 1.29 is 9.90 Å². The predicted octanol–water partition coefficient (Wildman–Crippen LogP) is 5.34. The van der Waals surface area contributed by atoms with Crippen LogP contribution in [-0.2, 0) is 4.79 Å². The topological polar surface area (TPSA) is 40.5 Å². The zero-order valence-electron chi connectivity index (χ0n) is 16.0. The number of hydrogen-bond acceptors (Lipinski definition) is 2. The second-order valence-corrected chi connectivity index (χ2v) is 7.03. The number of anilines is 1. The minimum atomic E-state index is -0.820. The van der Waals surface area contributed by atoms with Gasteiger partial charge in [0.1, 0.15) is 0 Å². The minimum absolute atomic E-state index is 0.0460. The molecule has 0 unspecified atom stereocenters. The fourth-order valence-corrected chi connectivity index (χ4v) is 3.49. The fraction of sp³-hybridized carbons (Fsp3) is 0.292. The van der Waals surface area contributed by atoms with Crippen LogP contribution in [0.5, 0.6) is 0 Å². The van der Waals surface area contributed by atoms with Crippen LogP contribution in [0.3, 0.4) is 0 Å². The number of para-hydroxylation sites is 1. The van der Waals surface area contributed by atoms with Crippen LogP contribution < -0.4 is 4.90 Å². The molecule has 1 N–H and O–H groups in total. The van der Waals surface area contributed by atoms with E-state index in [-0.39, 0.29) is 5.91 Å². The Kier molecular flexibility index (Phi) is 6.25. The largest absolute Gasteiger partial charge is 0.388 e. The van der Waals surface area contributed by atoms with E-state index in [4.69, 9.17) is 0 Å². The van der Waals surface area contributed by atoms with E-state index in [1.165, 1.54) is 0 Å². The lowest BCUT2D eigenvalue weighted by atomic mass is 9.89. The highest BCUT2D eigenvalue weighted by Crippen LogP contribution is 2.31. The summed E-state index contributed by atoms with van der Waals surface area (Å²) in [5.74, 6) is -0.508. The molecule has 0 aliphatic rings. The van der Waals surface area contributed by atoms with Crippen molar-refractivity contribution in [3.8, 4) is 0 Å². The van der Waals surface area contributed by atoms with Gasteiger partial charge in [-0.25, -0.2) is 0 Å². The molecule has 3 nitrogen and oxygen atoms in total. The number of unbranched alkanes of at least 4 members (excludes halogenated alkanes) is 1. The highest BCUT2D eigenvalue weighted by Gasteiger charge is 2.30. The standard InChI is InChI=1S/C24H27NO2/c1-3-4-14-22(24(27)25(2)21-12-6-5-7-13-21)23(26)20-16-15-18-10-8-9-11-19(18)17-20/h5-13,15-17,22-23,26H,3-4,14H2,1-2H3/t22-,23-/m1/s1. The average Bonchev–Trinajstić information content (AvgIpc) is 2.73. The van der Waals surface area contributed by atoms with Gasteiger partial charge in [0.25, 0.3) is 0 Å². The molecule has 3 rings (SSSR count). The normalized spacial score (nSPS) is 13.3. The van der Waals surface area contributed by atoms with Crippen molar-refractivity contribution in [1.82, 2.24) is 0 Å². The summed E-state index contributed by atoms with van der Waals surface area (Å²) >= 11 is 0. The highest BCUT2D eigenvalue weighted by molar-refractivity contribution is 5.95. The molecule has 3 aromatic carbocycles. The first-order valence-electron chi connectivity index (χ1n) is 9.61. The van der Waals surface area contributed by atoms with Crippen LogP contribution in [0.4, 0.5) is 5.69 Å². The molecule has 0 bridgehead atoms. The number of rotatable bonds is 7. The molecule has 0 radical (unpaired) electrons. The van der Waals surface area contributed by atoms with E-state index in [2.05, 4.69) is 6.92 Å². The molecule has 3 aromatic rings. The lowest BCUT2D eigenvalue weighted by Crippen LogP contribution is -2.36. The van der Waals surface area contributed by atoms with Crippen molar-refractivity contribution in [2.45, 2.75) is 32.3 Å². The molecular formula is C24H27NO2. The maximum absolute atomic E-state index is 13.2. The van der Waals surface area contributed by atoms with Crippen molar-refractivity contribution in [2.75, 3.05) is 11.9 Å². The van der Waals surface area contributed by atoms with Gasteiger partial charge in [-0.3, -0.25) is 4.79 Å². The average molecular weight is 361 g/mol. The number of nitrogens with zero attached hydrogens (tertiary/aromatic N) is 1. The Balaban J connectivity index is 1.89. The summed E-state index contributed by atoms with van der Waals surface area (Å²) in [6, 6.07) is 23.6. The number of aliphatic hydroxyl groups excluding tert-OH is 1. The Bertz CT molecular complexity index is 891. The molecule has 0 saturated heterocycles. The van der Waals surface area contributed by atoms with Crippen LogP contribution in [-0.4, -0.2) is 18.1 Å². The molecule has 27 heavy (non-hydrogen) atoms. The number of amides is 1. The van der Waals surface area contributed by atoms with Crippen LogP contribution in [0.15, 0.2) is 72.8 Å². The summed E-state index contributed by atoms with van der Waals surface area (Å²) in [6.07, 6.45) is 1.74. The molecule has 1 amide bonds. The molecule has 0 aromatic heterocycles. The highest BCUT2D eigenvalue weighted by atomic mass is 16.3. The van der Waals surface area contributed by atoms with Crippen molar-refractivity contribution >= 4 is 22.4 Å². The number of aliphatic hydroxyl groups is 1. The summed E-state index contributed by atoms with van der Waals surface area (Å²) in [4.78, 5) is 14.9. The van der Waals surface area contributed by atoms with Gasteiger partial charge < -0.3 is 10.0 Å². The number of fused-ring (bicyclic) bond motifs is 1. The lowest BCUT2D eigenvalue weighted by Gasteiger charge is -2.28. The summed E-state index contributed by atoms with van der Waals surface area (Å²) < 4.78 is 0. The Morgan fingerprint density at radius 2 is 1.63 bits per heavy atom. The number of benzene rings is 3. The van der Waals surface area contributed by atoms with Gasteiger partial charge in [0.05, 0.1) is 12.0 Å². The van der Waals surface area contributed by atoms with Gasteiger partial charge in [-0.15, -0.1) is 0 Å². The van der Waals surface area contributed by atoms with E-state index in [1.807, 2.05) is 72.8 Å². The number of hydrogen-bond donors (Lipinski definition) is 1. The lowest BCUT2D eigenvalue weighted by molar-refractivity contribution is -0.126. The Labute approximate surface area is 161 Å². The third-order valence-electron chi connectivity index (χ3n) is 5.16. The van der Waals surface area contributed by atoms with Crippen LogP contribution >= 0.6 is 0 Å². The van der Waals surface area contributed by atoms with Crippen LogP contribution in [0, 0.1) is 5.92 Å². The molecule has 0 aliphatic carbocycles. The first-order chi connectivity index (χ1) is 13.1. The molecule has 140 valence electrons. The summed E-state index contributed by atoms with van der Waals surface area (Å²) in [7, 11) is 1.78. The monoisotopic (exact) mass is 361 g/mol. The van der Waals surface area contributed by atoms with Crippen LogP contribution in [0.25, 0.3) is 10.8 Å². The van der Waals surface area contributed by atoms with Gasteiger partial charge in [0.2, 0.25) is 5.91 Å². The van der Waals surface area contributed by atoms with Crippen molar-refractivity contribution in [2.24, 2.45) is 5.92 Å². The van der Waals surface area contributed by atoms with Gasteiger partial charge in [-0.2, -0.15) is 0 Å². The van der Waals surface area contributed by atoms with E-state index in [1.54, 1.807) is 11.9 Å². The van der Waals surface area contributed by atoms with Gasteiger partial charge in [-0.1, -0.05) is 74.4 Å². The summed E-state index contributed by atoms with van der Waals surface area (Å²) in [5.41, 5.74) is 1.64. The van der Waals surface area contributed by atoms with Gasteiger partial charge in [0, 0.05) is 12.7 Å². The zero-order chi connectivity index (χ0) is 19.2. The quantitative estimate of drug-likeness (QED) is 0.617. The SMILES string of the molecule is CCCC[C@@H](C(=O)N(C)c1ccccc1)[C@H](O)c1ccc2ccccc2c1. The zero-order valence-corrected chi connectivity index (χ0v) is 16.0. The van der Waals surface area contributed by atoms with E-state index < -0.39 is 12.0 Å². The first kappa shape index (κ1) is 19.1. The molecular weight excluding hydrogens is 334 g/mol. The summed E-state index contributed by atoms with van der Waals surface area (Å²) in [6.45, 7) is 2.10. The van der Waals surface area contributed by atoms with Gasteiger partial charge >= 0.3 is 0 Å². The van der Waals surface area contributed by atoms with Crippen LogP contribution in [0.1, 0.15) is 37.9 Å². The maximum Gasteiger partial charge on any atom is 0.232 e. The molecule has 0 spiro atoms. The molecule has 2 atom stereocenters. The smallest absolute Gasteiger partial charge is 0.232 e. The molecule has 0 saturated carbocycles. The van der Waals surface area contributed by atoms with Crippen molar-refractivity contribution in [3.63, 3.8) is 0 Å². The molecule has 3 heteroatoms. The minimum Gasteiger partial charge on any atom is -0.388 e. The van der Waals surface area contributed by atoms with E-state index in [9.17, 15) is 9.90 Å². The second kappa shape index (κ2) is 8.83. The Hall–Kier alpha value is -2.65. The summed E-state index contributed by atoms with van der Waals surface area (Å²) in [5, 5.41) is 13.3. The van der Waals surface area contributed by atoms with E-state index in [0.29, 0.717) is 6.42 Å². The van der Waals surface area contributed by atoms with Crippen LogP contribution in [0.2, 0.25) is 0 Å². The fourth-order valence-electron chi connectivity index (χ4n) is 3.49. The van der Waals surface area contributed by atoms with Gasteiger partial charge in [-0.05, 0) is 41.0 Å². The molecule has 0 aliphatic heterocycles. The van der Waals surface area contributed by atoms with E-state index in [0.717, 1.165) is 34.9 Å². The maximum atomic E-state index is 13.2. The number of carbonyl (C=O) groups is 1. The number of carbonyl (C=O) groups excluding carboxylic acids is 1. The first-order valence-corrected chi connectivity index (χ1v) is 9.61. The molecule has 0 heterocycles. The van der Waals surface area contributed by atoms with Crippen molar-refractivity contribution in [3.05, 3.63) is 78.4 Å². The second-order valence-electron chi connectivity index (χ2n) is 7.03. The third-order valence-corrected chi connectivity index (χ3v) is 5.16. The predicted molar refractivity (Wildman–Crippen MR) is 112 cm³/mol. The third kappa shape index (κ3) is 4.37. The molecule has 0 fully saturated rings. The van der Waals surface area contributed by atoms with E-state index >= 15 is 0 Å². The Morgan fingerprint density at radius 3 is 2.33 bits per heavy atom.